The summed E-state index contributed by atoms with van der Waals surface area (Å²) in [5, 5.41) is 10.6. The molecule has 0 unspecified atom stereocenters. The molecular formula is C4H9NO6PS-3. The first-order valence-corrected chi connectivity index (χ1v) is 6.86. The SMILES string of the molecule is CS(=O)(=O)N([O-])CCCP(=O)([O-])[O-]. The summed E-state index contributed by atoms with van der Waals surface area (Å²) in [6.07, 6.45) is -0.282. The zero-order valence-electron chi connectivity index (χ0n) is 6.87. The predicted molar refractivity (Wildman–Crippen MR) is 42.0 cm³/mol. The van der Waals surface area contributed by atoms with Crippen LogP contribution in [-0.2, 0) is 14.6 Å². The van der Waals surface area contributed by atoms with Gasteiger partial charge in [0.15, 0.2) is 10.0 Å². The lowest BCUT2D eigenvalue weighted by atomic mass is 10.5. The Labute approximate surface area is 76.2 Å². The summed E-state index contributed by atoms with van der Waals surface area (Å²) in [6.45, 7) is -0.507. The molecule has 0 aromatic rings. The van der Waals surface area contributed by atoms with Gasteiger partial charge < -0.3 is 19.6 Å². The Balaban J connectivity index is 3.87. The van der Waals surface area contributed by atoms with Crippen LogP contribution in [0.1, 0.15) is 6.42 Å². The smallest absolute Gasteiger partial charge is 0.200 e. The molecule has 0 heterocycles. The molecule has 0 bridgehead atoms. The van der Waals surface area contributed by atoms with Crippen LogP contribution >= 0.6 is 7.60 Å². The number of rotatable bonds is 5. The van der Waals surface area contributed by atoms with Gasteiger partial charge in [-0.15, -0.1) is 0 Å². The van der Waals surface area contributed by atoms with Gasteiger partial charge in [-0.25, -0.2) is 8.42 Å². The molecule has 0 spiro atoms. The van der Waals surface area contributed by atoms with Crippen molar-refractivity contribution >= 4 is 17.6 Å². The van der Waals surface area contributed by atoms with E-state index >= 15 is 0 Å². The van der Waals surface area contributed by atoms with E-state index in [1.165, 1.54) is 0 Å². The average Bonchev–Trinajstić information content (AvgIpc) is 1.82. The maximum atomic E-state index is 10.6. The van der Waals surface area contributed by atoms with Gasteiger partial charge in [-0.2, -0.15) is 0 Å². The molecule has 0 aromatic carbocycles. The molecule has 0 atom stereocenters. The molecule has 0 fully saturated rings. The number of hydroxylamine groups is 1. The fourth-order valence-corrected chi connectivity index (χ4v) is 1.55. The summed E-state index contributed by atoms with van der Waals surface area (Å²) in [5.74, 6) is 0. The molecule has 80 valence electrons. The molecular weight excluding hydrogens is 221 g/mol. The summed E-state index contributed by atoms with van der Waals surface area (Å²) < 4.78 is 30.8. The van der Waals surface area contributed by atoms with Crippen molar-refractivity contribution < 1.29 is 22.8 Å². The fourth-order valence-electron chi connectivity index (χ4n) is 0.559. The maximum Gasteiger partial charge on any atom is 0.200 e. The molecule has 0 saturated heterocycles. The molecule has 0 aliphatic heterocycles. The third-order valence-corrected chi connectivity index (χ3v) is 2.93. The highest BCUT2D eigenvalue weighted by atomic mass is 32.2. The van der Waals surface area contributed by atoms with Gasteiger partial charge >= 0.3 is 0 Å². The van der Waals surface area contributed by atoms with Crippen LogP contribution in [0, 0.1) is 5.21 Å². The van der Waals surface area contributed by atoms with Crippen molar-refractivity contribution in [3.8, 4) is 0 Å². The van der Waals surface area contributed by atoms with Crippen LogP contribution in [0.5, 0.6) is 0 Å². The summed E-state index contributed by atoms with van der Waals surface area (Å²) in [6, 6.07) is 0. The number of hydrogen-bond donors (Lipinski definition) is 0. The van der Waals surface area contributed by atoms with Crippen LogP contribution in [-0.4, -0.2) is 31.8 Å². The monoisotopic (exact) mass is 230 g/mol. The van der Waals surface area contributed by atoms with E-state index in [9.17, 15) is 28.0 Å². The quantitative estimate of drug-likeness (QED) is 0.399. The number of hydrogen-bond acceptors (Lipinski definition) is 6. The molecule has 0 saturated carbocycles. The van der Waals surface area contributed by atoms with Crippen LogP contribution in [0.4, 0.5) is 0 Å². The van der Waals surface area contributed by atoms with Crippen molar-refractivity contribution in [2.75, 3.05) is 19.0 Å². The second-order valence-electron chi connectivity index (χ2n) is 2.48. The first kappa shape index (κ1) is 13.0. The lowest BCUT2D eigenvalue weighted by Gasteiger charge is -2.31. The van der Waals surface area contributed by atoms with Crippen LogP contribution in [0.2, 0.25) is 0 Å². The third-order valence-electron chi connectivity index (χ3n) is 1.14. The minimum absolute atomic E-state index is 0.247. The van der Waals surface area contributed by atoms with Gasteiger partial charge in [0.05, 0.1) is 6.26 Å². The Hall–Kier alpha value is 0.0200. The topological polar surface area (TPSA) is 124 Å². The summed E-state index contributed by atoms with van der Waals surface area (Å²) in [5.41, 5.74) is 0. The molecule has 9 heteroatoms. The van der Waals surface area contributed by atoms with Crippen molar-refractivity contribution in [3.05, 3.63) is 5.21 Å². The molecule has 0 N–H and O–H groups in total. The van der Waals surface area contributed by atoms with Crippen molar-refractivity contribution in [1.82, 2.24) is 4.47 Å². The second kappa shape index (κ2) is 4.50. The van der Waals surface area contributed by atoms with Gasteiger partial charge in [-0.3, -0.25) is 4.47 Å². The van der Waals surface area contributed by atoms with E-state index < -0.39 is 30.3 Å². The van der Waals surface area contributed by atoms with E-state index in [4.69, 9.17) is 0 Å². The normalized spacial score (nSPS) is 13.6. The Morgan fingerprint density at radius 1 is 1.38 bits per heavy atom. The highest BCUT2D eigenvalue weighted by molar-refractivity contribution is 7.88. The largest absolute Gasteiger partial charge is 0.811 e. The van der Waals surface area contributed by atoms with Crippen LogP contribution in [0.25, 0.3) is 0 Å². The minimum atomic E-state index is -4.63. The Bertz CT molecular complexity index is 294. The Morgan fingerprint density at radius 3 is 2.15 bits per heavy atom. The van der Waals surface area contributed by atoms with Crippen molar-refractivity contribution in [2.45, 2.75) is 6.42 Å². The highest BCUT2D eigenvalue weighted by Gasteiger charge is 2.04. The summed E-state index contributed by atoms with van der Waals surface area (Å²) in [7, 11) is -8.47. The summed E-state index contributed by atoms with van der Waals surface area (Å²) in [4.78, 5) is 20.1. The standard InChI is InChI=1S/C4H11NO6PS/c1-13(10,11)5(6)3-2-4-12(7,8)9/h2-4H2,1H3,(H2,7,8,9)/q-1/p-2. The van der Waals surface area contributed by atoms with Crippen molar-refractivity contribution in [3.63, 3.8) is 0 Å². The maximum absolute atomic E-state index is 10.6. The third kappa shape index (κ3) is 7.12. The number of nitrogens with zero attached hydrogens (tertiary/aromatic N) is 1. The second-order valence-corrected chi connectivity index (χ2v) is 6.02. The van der Waals surface area contributed by atoms with Crippen LogP contribution in [0.15, 0.2) is 0 Å². The average molecular weight is 230 g/mol. The Kier molecular flexibility index (Phi) is 4.50. The van der Waals surface area contributed by atoms with E-state index in [0.717, 1.165) is 0 Å². The molecule has 0 aliphatic rings. The molecule has 13 heavy (non-hydrogen) atoms. The van der Waals surface area contributed by atoms with E-state index in [2.05, 4.69) is 0 Å². The van der Waals surface area contributed by atoms with Crippen molar-refractivity contribution in [1.29, 1.82) is 0 Å². The molecule has 0 radical (unpaired) electrons. The number of sulfonamides is 1. The molecule has 0 aliphatic carbocycles. The Morgan fingerprint density at radius 2 is 1.85 bits per heavy atom. The summed E-state index contributed by atoms with van der Waals surface area (Å²) >= 11 is 0. The zero-order chi connectivity index (χ0) is 10.7. The molecule has 0 rings (SSSR count). The van der Waals surface area contributed by atoms with Gasteiger partial charge in [0.2, 0.25) is 0 Å². The first-order chi connectivity index (χ1) is 5.63. The molecule has 7 nitrogen and oxygen atoms in total. The van der Waals surface area contributed by atoms with E-state index in [1.807, 2.05) is 0 Å². The van der Waals surface area contributed by atoms with Gasteiger partial charge in [0.1, 0.15) is 0 Å². The van der Waals surface area contributed by atoms with E-state index in [1.54, 1.807) is 0 Å². The highest BCUT2D eigenvalue weighted by Crippen LogP contribution is 2.23. The zero-order valence-corrected chi connectivity index (χ0v) is 8.58. The first-order valence-electron chi connectivity index (χ1n) is 3.29. The van der Waals surface area contributed by atoms with Gasteiger partial charge in [0.25, 0.3) is 0 Å². The molecule has 0 amide bonds. The lowest BCUT2D eigenvalue weighted by molar-refractivity contribution is -0.313. The minimum Gasteiger partial charge on any atom is -0.811 e. The fraction of sp³-hybridized carbons (Fsp3) is 1.00. The lowest BCUT2D eigenvalue weighted by Crippen LogP contribution is -2.26. The molecule has 0 aromatic heterocycles. The van der Waals surface area contributed by atoms with Gasteiger partial charge in [0, 0.05) is 6.54 Å². The van der Waals surface area contributed by atoms with E-state index in [-0.39, 0.29) is 10.9 Å². The van der Waals surface area contributed by atoms with Crippen LogP contribution in [0.3, 0.4) is 0 Å². The van der Waals surface area contributed by atoms with Crippen LogP contribution < -0.4 is 9.79 Å². The van der Waals surface area contributed by atoms with E-state index in [0.29, 0.717) is 6.26 Å². The van der Waals surface area contributed by atoms with Crippen molar-refractivity contribution in [2.24, 2.45) is 0 Å². The van der Waals surface area contributed by atoms with Gasteiger partial charge in [-0.05, 0) is 12.6 Å². The predicted octanol–water partition coefficient (Wildman–Crippen LogP) is -1.95. The van der Waals surface area contributed by atoms with Gasteiger partial charge in [-0.1, -0.05) is 7.60 Å².